The quantitative estimate of drug-likeness (QED) is 0.232. The Balaban J connectivity index is 1.16. The van der Waals surface area contributed by atoms with Crippen LogP contribution in [0.4, 0.5) is 11.4 Å². The van der Waals surface area contributed by atoms with Crippen LogP contribution in [0, 0.1) is 16.0 Å². The van der Waals surface area contributed by atoms with Crippen LogP contribution in [0.5, 0.6) is 0 Å². The first-order chi connectivity index (χ1) is 21.4. The lowest BCUT2D eigenvalue weighted by molar-refractivity contribution is -0.384. The van der Waals surface area contributed by atoms with Gasteiger partial charge in [-0.25, -0.2) is 9.91 Å². The Hall–Kier alpha value is -5.52. The SMILES string of the molecule is O=C1[C@@H]2N=NN(CC(=O)N3N=C4/C(=C/c5ccccc5)CCC[C@@H]4[C@H]3c3ccccc3)[C@H]2C(=O)N1c1ccc([N+](=O)[O-])cc1. The molecule has 1 aliphatic carbocycles. The third kappa shape index (κ3) is 4.64. The number of carbonyl (C=O) groups excluding carboxylic acids is 3. The van der Waals surface area contributed by atoms with E-state index in [2.05, 4.69) is 16.4 Å². The lowest BCUT2D eigenvalue weighted by Gasteiger charge is -2.30. The molecule has 2 fully saturated rings. The lowest BCUT2D eigenvalue weighted by Crippen LogP contribution is -2.45. The predicted molar refractivity (Wildman–Crippen MR) is 160 cm³/mol. The number of nitro benzene ring substituents is 1. The van der Waals surface area contributed by atoms with E-state index in [0.717, 1.165) is 46.6 Å². The lowest BCUT2D eigenvalue weighted by atomic mass is 9.77. The van der Waals surface area contributed by atoms with E-state index in [1.165, 1.54) is 34.3 Å². The van der Waals surface area contributed by atoms with Gasteiger partial charge in [-0.05, 0) is 54.2 Å². The van der Waals surface area contributed by atoms with Crippen LogP contribution in [0.25, 0.3) is 6.08 Å². The molecule has 3 aromatic rings. The van der Waals surface area contributed by atoms with Crippen LogP contribution in [-0.4, -0.2) is 57.0 Å². The summed E-state index contributed by atoms with van der Waals surface area (Å²) in [6.07, 6.45) is 4.83. The largest absolute Gasteiger partial charge is 0.271 e. The molecule has 12 heteroatoms. The fourth-order valence-corrected chi connectivity index (χ4v) is 6.48. The van der Waals surface area contributed by atoms with Gasteiger partial charge in [0, 0.05) is 18.1 Å². The van der Waals surface area contributed by atoms with Crippen LogP contribution in [-0.2, 0) is 14.4 Å². The smallest absolute Gasteiger partial charge is 0.269 e. The molecular weight excluding hydrogens is 562 g/mol. The monoisotopic (exact) mass is 589 g/mol. The predicted octanol–water partition coefficient (Wildman–Crippen LogP) is 4.71. The van der Waals surface area contributed by atoms with Crippen molar-refractivity contribution < 1.29 is 19.3 Å². The number of carbonyl (C=O) groups is 3. The van der Waals surface area contributed by atoms with Gasteiger partial charge in [-0.1, -0.05) is 65.9 Å². The summed E-state index contributed by atoms with van der Waals surface area (Å²) in [7, 11) is 0. The van der Waals surface area contributed by atoms with E-state index in [9.17, 15) is 24.5 Å². The molecule has 0 aromatic heterocycles. The maximum Gasteiger partial charge on any atom is 0.269 e. The molecule has 0 radical (unpaired) electrons. The number of rotatable bonds is 6. The summed E-state index contributed by atoms with van der Waals surface area (Å²) in [5.74, 6) is -1.56. The number of amides is 3. The van der Waals surface area contributed by atoms with Gasteiger partial charge in [0.2, 0.25) is 0 Å². The topological polar surface area (TPSA) is 141 Å². The number of hydrogen-bond acceptors (Lipinski definition) is 9. The van der Waals surface area contributed by atoms with Crippen LogP contribution in [0.15, 0.2) is 106 Å². The highest BCUT2D eigenvalue weighted by atomic mass is 16.6. The van der Waals surface area contributed by atoms with Crippen molar-refractivity contribution in [2.45, 2.75) is 37.4 Å². The Morgan fingerprint density at radius 2 is 1.64 bits per heavy atom. The Labute approximate surface area is 252 Å². The number of allylic oxidation sites excluding steroid dienone is 1. The molecule has 0 spiro atoms. The fourth-order valence-electron chi connectivity index (χ4n) is 6.48. The number of nitrogens with zero attached hydrogens (tertiary/aromatic N) is 7. The molecule has 4 atom stereocenters. The van der Waals surface area contributed by atoms with Crippen molar-refractivity contribution in [2.75, 3.05) is 11.4 Å². The molecule has 3 aromatic carbocycles. The summed E-state index contributed by atoms with van der Waals surface area (Å²) in [5.41, 5.74) is 4.04. The number of hydrogen-bond donors (Lipinski definition) is 0. The fraction of sp³-hybridized carbons (Fsp3) is 0.250. The van der Waals surface area contributed by atoms with Crippen molar-refractivity contribution in [1.29, 1.82) is 0 Å². The summed E-state index contributed by atoms with van der Waals surface area (Å²) < 4.78 is 0. The number of hydrazone groups is 1. The second-order valence-electron chi connectivity index (χ2n) is 11.1. The summed E-state index contributed by atoms with van der Waals surface area (Å²) in [5, 5.41) is 26.8. The van der Waals surface area contributed by atoms with Crippen molar-refractivity contribution in [1.82, 2.24) is 10.0 Å². The number of nitro groups is 1. The van der Waals surface area contributed by atoms with Gasteiger partial charge < -0.3 is 0 Å². The number of imide groups is 1. The van der Waals surface area contributed by atoms with E-state index in [1.807, 2.05) is 60.7 Å². The van der Waals surface area contributed by atoms with Crippen LogP contribution in [0.1, 0.15) is 36.4 Å². The summed E-state index contributed by atoms with van der Waals surface area (Å²) in [4.78, 5) is 52.1. The third-order valence-electron chi connectivity index (χ3n) is 8.51. The maximum atomic E-state index is 14.0. The molecule has 3 heterocycles. The summed E-state index contributed by atoms with van der Waals surface area (Å²) in [6, 6.07) is 22.4. The highest BCUT2D eigenvalue weighted by Crippen LogP contribution is 2.44. The molecule has 3 aliphatic heterocycles. The number of benzene rings is 3. The zero-order valence-electron chi connectivity index (χ0n) is 23.5. The first-order valence-electron chi connectivity index (χ1n) is 14.4. The van der Waals surface area contributed by atoms with Gasteiger partial charge in [0.25, 0.3) is 23.4 Å². The van der Waals surface area contributed by atoms with Crippen LogP contribution >= 0.6 is 0 Å². The molecule has 0 N–H and O–H groups in total. The van der Waals surface area contributed by atoms with Gasteiger partial charge in [-0.3, -0.25) is 29.5 Å². The van der Waals surface area contributed by atoms with E-state index >= 15 is 0 Å². The minimum Gasteiger partial charge on any atom is -0.271 e. The van der Waals surface area contributed by atoms with Gasteiger partial charge in [-0.15, -0.1) is 0 Å². The minimum atomic E-state index is -1.11. The molecule has 44 heavy (non-hydrogen) atoms. The van der Waals surface area contributed by atoms with E-state index in [0.29, 0.717) is 0 Å². The van der Waals surface area contributed by atoms with Crippen molar-refractivity contribution in [3.63, 3.8) is 0 Å². The summed E-state index contributed by atoms with van der Waals surface area (Å²) >= 11 is 0. The zero-order valence-corrected chi connectivity index (χ0v) is 23.5. The van der Waals surface area contributed by atoms with E-state index in [4.69, 9.17) is 5.10 Å². The van der Waals surface area contributed by atoms with Gasteiger partial charge >= 0.3 is 0 Å². The summed E-state index contributed by atoms with van der Waals surface area (Å²) in [6.45, 7) is -0.303. The van der Waals surface area contributed by atoms with Gasteiger partial charge in [0.05, 0.1) is 22.4 Å². The molecule has 3 amide bonds. The molecule has 12 nitrogen and oxygen atoms in total. The molecule has 7 rings (SSSR count). The van der Waals surface area contributed by atoms with E-state index < -0.39 is 28.8 Å². The number of non-ortho nitro benzene ring substituents is 1. The van der Waals surface area contributed by atoms with Crippen molar-refractivity contribution >= 4 is 40.9 Å². The second-order valence-corrected chi connectivity index (χ2v) is 11.1. The maximum absolute atomic E-state index is 14.0. The average molecular weight is 590 g/mol. The normalized spacial score (nSPS) is 25.0. The number of fused-ring (bicyclic) bond motifs is 2. The van der Waals surface area contributed by atoms with Crippen LogP contribution in [0.3, 0.4) is 0 Å². The Morgan fingerprint density at radius 1 is 0.932 bits per heavy atom. The molecule has 0 bridgehead atoms. The molecule has 0 unspecified atom stereocenters. The Kier molecular flexibility index (Phi) is 6.80. The highest BCUT2D eigenvalue weighted by molar-refractivity contribution is 6.25. The van der Waals surface area contributed by atoms with Crippen molar-refractivity contribution in [2.24, 2.45) is 21.4 Å². The highest BCUT2D eigenvalue weighted by Gasteiger charge is 2.55. The molecule has 1 saturated carbocycles. The molecule has 1 saturated heterocycles. The van der Waals surface area contributed by atoms with Gasteiger partial charge in [0.1, 0.15) is 6.54 Å². The number of anilines is 1. The Morgan fingerprint density at radius 3 is 2.34 bits per heavy atom. The first-order valence-corrected chi connectivity index (χ1v) is 14.4. The van der Waals surface area contributed by atoms with Gasteiger partial charge in [0.15, 0.2) is 12.1 Å². The van der Waals surface area contributed by atoms with E-state index in [-0.39, 0.29) is 35.8 Å². The minimum absolute atomic E-state index is 0.00494. The third-order valence-corrected chi connectivity index (χ3v) is 8.51. The standard InChI is InChI=1S/C32H27N7O5/c40-26(19-36-30-28(33-35-36)31(41)37(32(30)42)23-14-16-24(17-15-23)39(43)44)38-29(21-10-5-2-6-11-21)25-13-7-12-22(27(25)34-38)18-20-8-3-1-4-9-20/h1-6,8-11,14-18,25,28-30H,7,12-13,19H2/b22-18+/t25-,28+,29+,30+/m0/s1. The second kappa shape index (κ2) is 11.0. The molecular formula is C32H27N7O5. The van der Waals surface area contributed by atoms with Crippen molar-refractivity contribution in [3.8, 4) is 0 Å². The van der Waals surface area contributed by atoms with Crippen molar-refractivity contribution in [3.05, 3.63) is 112 Å². The van der Waals surface area contributed by atoms with E-state index in [1.54, 1.807) is 0 Å². The Bertz CT molecular complexity index is 1740. The van der Waals surface area contributed by atoms with Crippen LogP contribution in [0.2, 0.25) is 0 Å². The van der Waals surface area contributed by atoms with Crippen LogP contribution < -0.4 is 4.90 Å². The average Bonchev–Trinajstić information content (AvgIpc) is 3.71. The first kappa shape index (κ1) is 27.3. The van der Waals surface area contributed by atoms with Gasteiger partial charge in [-0.2, -0.15) is 10.2 Å². The zero-order chi connectivity index (χ0) is 30.4. The molecule has 220 valence electrons. The molecule has 4 aliphatic rings.